The van der Waals surface area contributed by atoms with Crippen LogP contribution in [-0.4, -0.2) is 60.1 Å². The van der Waals surface area contributed by atoms with Crippen molar-refractivity contribution >= 4 is 23.3 Å². The van der Waals surface area contributed by atoms with Gasteiger partial charge in [-0.15, -0.1) is 0 Å². The number of nitrogens with one attached hydrogen (secondary N) is 1. The van der Waals surface area contributed by atoms with Crippen LogP contribution in [-0.2, 0) is 0 Å². The molecule has 1 aliphatic heterocycles. The molecular formula is C18H21ClN4O2. The predicted molar refractivity (Wildman–Crippen MR) is 98.2 cm³/mol. The molecule has 1 atom stereocenters. The van der Waals surface area contributed by atoms with E-state index in [2.05, 4.69) is 15.2 Å². The summed E-state index contributed by atoms with van der Waals surface area (Å²) in [4.78, 5) is 20.7. The smallest absolute Gasteiger partial charge is 0.322 e. The van der Waals surface area contributed by atoms with E-state index in [9.17, 15) is 4.79 Å². The zero-order valence-corrected chi connectivity index (χ0v) is 14.8. The van der Waals surface area contributed by atoms with Gasteiger partial charge >= 0.3 is 6.03 Å². The Balaban J connectivity index is 1.64. The molecule has 25 heavy (non-hydrogen) atoms. The molecule has 0 saturated carbocycles. The number of urea groups is 1. The van der Waals surface area contributed by atoms with E-state index in [0.29, 0.717) is 23.9 Å². The maximum absolute atomic E-state index is 12.7. The first kappa shape index (κ1) is 17.5. The standard InChI is InChI=1S/C18H21ClN4O2/c1-22-9-10-23(18(24)21-15-6-4-14(19)5-7-15)16(12-22)13-25-17-3-2-8-20-11-17/h2-8,11,16H,9-10,12-13H2,1H3,(H,21,24). The molecule has 0 aliphatic carbocycles. The SMILES string of the molecule is CN1CCN(C(=O)Nc2ccc(Cl)cc2)C(COc2cccnc2)C1. The molecule has 1 aromatic carbocycles. The van der Waals surface area contributed by atoms with Gasteiger partial charge in [-0.25, -0.2) is 4.79 Å². The van der Waals surface area contributed by atoms with Crippen molar-refractivity contribution in [1.82, 2.24) is 14.8 Å². The molecule has 2 amide bonds. The number of ether oxygens (including phenoxy) is 1. The molecule has 7 heteroatoms. The fraction of sp³-hybridized carbons (Fsp3) is 0.333. The first-order valence-electron chi connectivity index (χ1n) is 8.16. The number of benzene rings is 1. The largest absolute Gasteiger partial charge is 0.490 e. The van der Waals surface area contributed by atoms with Crippen molar-refractivity contribution in [2.24, 2.45) is 0 Å². The Morgan fingerprint density at radius 1 is 1.32 bits per heavy atom. The van der Waals surface area contributed by atoms with Gasteiger partial charge in [-0.3, -0.25) is 4.98 Å². The minimum atomic E-state index is -0.129. The minimum Gasteiger partial charge on any atom is -0.490 e. The fourth-order valence-corrected chi connectivity index (χ4v) is 2.90. The van der Waals surface area contributed by atoms with Crippen LogP contribution in [0.5, 0.6) is 5.75 Å². The molecule has 1 fully saturated rings. The molecule has 1 unspecified atom stereocenters. The number of hydrogen-bond acceptors (Lipinski definition) is 4. The Labute approximate surface area is 152 Å². The van der Waals surface area contributed by atoms with Crippen molar-refractivity contribution in [2.45, 2.75) is 6.04 Å². The number of pyridine rings is 1. The molecule has 1 saturated heterocycles. The molecule has 1 aliphatic rings. The van der Waals surface area contributed by atoms with Crippen molar-refractivity contribution in [2.75, 3.05) is 38.6 Å². The van der Waals surface area contributed by atoms with E-state index in [1.54, 1.807) is 36.7 Å². The lowest BCUT2D eigenvalue weighted by molar-refractivity contribution is 0.0847. The van der Waals surface area contributed by atoms with Gasteiger partial charge in [-0.05, 0) is 43.4 Å². The molecule has 0 spiro atoms. The van der Waals surface area contributed by atoms with E-state index in [1.807, 2.05) is 24.1 Å². The monoisotopic (exact) mass is 360 g/mol. The number of carbonyl (C=O) groups excluding carboxylic acids is 1. The summed E-state index contributed by atoms with van der Waals surface area (Å²) in [5.74, 6) is 0.703. The van der Waals surface area contributed by atoms with Gasteiger partial charge in [0.05, 0.1) is 12.2 Å². The summed E-state index contributed by atoms with van der Waals surface area (Å²) in [5.41, 5.74) is 0.722. The topological polar surface area (TPSA) is 57.7 Å². The highest BCUT2D eigenvalue weighted by atomic mass is 35.5. The molecule has 2 heterocycles. The fourth-order valence-electron chi connectivity index (χ4n) is 2.77. The Morgan fingerprint density at radius 2 is 2.12 bits per heavy atom. The number of halogens is 1. The molecule has 1 N–H and O–H groups in total. The third-order valence-corrected chi connectivity index (χ3v) is 4.37. The number of likely N-dealkylation sites (N-methyl/N-ethyl adjacent to an activating group) is 1. The number of amides is 2. The molecule has 6 nitrogen and oxygen atoms in total. The van der Waals surface area contributed by atoms with Gasteiger partial charge in [0.1, 0.15) is 12.4 Å². The summed E-state index contributed by atoms with van der Waals surface area (Å²) in [6.07, 6.45) is 3.37. The number of nitrogens with zero attached hydrogens (tertiary/aromatic N) is 3. The Hall–Kier alpha value is -2.31. The van der Waals surface area contributed by atoms with Crippen molar-refractivity contribution in [3.05, 3.63) is 53.8 Å². The first-order chi connectivity index (χ1) is 12.1. The third kappa shape index (κ3) is 4.84. The number of carbonyl (C=O) groups is 1. The van der Waals surface area contributed by atoms with Gasteiger partial charge < -0.3 is 19.9 Å². The maximum atomic E-state index is 12.7. The lowest BCUT2D eigenvalue weighted by Gasteiger charge is -2.39. The molecule has 132 valence electrons. The van der Waals surface area contributed by atoms with Crippen LogP contribution < -0.4 is 10.1 Å². The number of hydrogen-bond donors (Lipinski definition) is 1. The summed E-state index contributed by atoms with van der Waals surface area (Å²) in [6.45, 7) is 2.66. The average molecular weight is 361 g/mol. The van der Waals surface area contributed by atoms with Crippen LogP contribution in [0.3, 0.4) is 0 Å². The van der Waals surface area contributed by atoms with Crippen molar-refractivity contribution in [3.8, 4) is 5.75 Å². The summed E-state index contributed by atoms with van der Waals surface area (Å²) < 4.78 is 5.81. The third-order valence-electron chi connectivity index (χ3n) is 4.12. The van der Waals surface area contributed by atoms with Crippen LogP contribution in [0.15, 0.2) is 48.8 Å². The van der Waals surface area contributed by atoms with Crippen LogP contribution >= 0.6 is 11.6 Å². The minimum absolute atomic E-state index is 0.0359. The van der Waals surface area contributed by atoms with Crippen molar-refractivity contribution < 1.29 is 9.53 Å². The summed E-state index contributed by atoms with van der Waals surface area (Å²) >= 11 is 5.89. The first-order valence-corrected chi connectivity index (χ1v) is 8.54. The molecule has 0 bridgehead atoms. The number of piperazine rings is 1. The normalized spacial score (nSPS) is 18.0. The van der Waals surface area contributed by atoms with E-state index in [1.165, 1.54) is 0 Å². The quantitative estimate of drug-likeness (QED) is 0.910. The zero-order valence-electron chi connectivity index (χ0n) is 14.1. The zero-order chi connectivity index (χ0) is 17.6. The van der Waals surface area contributed by atoms with Crippen LogP contribution in [0.4, 0.5) is 10.5 Å². The van der Waals surface area contributed by atoms with E-state index >= 15 is 0 Å². The number of aromatic nitrogens is 1. The maximum Gasteiger partial charge on any atom is 0.322 e. The Bertz CT molecular complexity index is 696. The highest BCUT2D eigenvalue weighted by molar-refractivity contribution is 6.30. The highest BCUT2D eigenvalue weighted by Crippen LogP contribution is 2.17. The predicted octanol–water partition coefficient (Wildman–Crippen LogP) is 2.96. The molecule has 1 aromatic heterocycles. The number of anilines is 1. The average Bonchev–Trinajstić information content (AvgIpc) is 2.63. The van der Waals surface area contributed by atoms with E-state index in [0.717, 1.165) is 18.8 Å². The lowest BCUT2D eigenvalue weighted by Crippen LogP contribution is -2.57. The Morgan fingerprint density at radius 3 is 2.84 bits per heavy atom. The van der Waals surface area contributed by atoms with Crippen LogP contribution in [0.25, 0.3) is 0 Å². The summed E-state index contributed by atoms with van der Waals surface area (Å²) in [7, 11) is 2.05. The van der Waals surface area contributed by atoms with E-state index < -0.39 is 0 Å². The van der Waals surface area contributed by atoms with E-state index in [-0.39, 0.29) is 12.1 Å². The second-order valence-corrected chi connectivity index (χ2v) is 6.48. The molecule has 2 aromatic rings. The lowest BCUT2D eigenvalue weighted by atomic mass is 10.2. The summed E-state index contributed by atoms with van der Waals surface area (Å²) in [5, 5.41) is 3.56. The molecule has 3 rings (SSSR count). The van der Waals surface area contributed by atoms with E-state index in [4.69, 9.17) is 16.3 Å². The summed E-state index contributed by atoms with van der Waals surface area (Å²) in [6, 6.07) is 10.6. The second kappa shape index (κ2) is 8.18. The van der Waals surface area contributed by atoms with Gasteiger partial charge in [-0.1, -0.05) is 11.6 Å². The van der Waals surface area contributed by atoms with Crippen LogP contribution in [0, 0.1) is 0 Å². The van der Waals surface area contributed by atoms with Gasteiger partial charge in [0.15, 0.2) is 0 Å². The van der Waals surface area contributed by atoms with Crippen molar-refractivity contribution in [3.63, 3.8) is 0 Å². The van der Waals surface area contributed by atoms with Crippen LogP contribution in [0.2, 0.25) is 5.02 Å². The van der Waals surface area contributed by atoms with Gasteiger partial charge in [0.25, 0.3) is 0 Å². The highest BCUT2D eigenvalue weighted by Gasteiger charge is 2.29. The van der Waals surface area contributed by atoms with Crippen molar-refractivity contribution in [1.29, 1.82) is 0 Å². The second-order valence-electron chi connectivity index (χ2n) is 6.05. The van der Waals surface area contributed by atoms with Gasteiger partial charge in [0.2, 0.25) is 0 Å². The van der Waals surface area contributed by atoms with Crippen LogP contribution in [0.1, 0.15) is 0 Å². The van der Waals surface area contributed by atoms with Gasteiger partial charge in [-0.2, -0.15) is 0 Å². The van der Waals surface area contributed by atoms with Gasteiger partial charge in [0, 0.05) is 36.5 Å². The molecule has 0 radical (unpaired) electrons. The Kier molecular flexibility index (Phi) is 5.73. The number of rotatable bonds is 4. The molecular weight excluding hydrogens is 340 g/mol.